The second-order valence-corrected chi connectivity index (χ2v) is 4.18. The zero-order valence-electron chi connectivity index (χ0n) is 10.0. The van der Waals surface area contributed by atoms with Gasteiger partial charge >= 0.3 is 0 Å². The van der Waals surface area contributed by atoms with Crippen molar-refractivity contribution in [1.29, 1.82) is 0 Å². The Morgan fingerprint density at radius 2 is 2.00 bits per heavy atom. The van der Waals surface area contributed by atoms with Gasteiger partial charge in [-0.1, -0.05) is 19.8 Å². The number of piperidine rings is 1. The summed E-state index contributed by atoms with van der Waals surface area (Å²) in [5.74, 6) is 0.275. The largest absolute Gasteiger partial charge is 0.372 e. The fraction of sp³-hybridized carbons (Fsp3) is 0.833. The van der Waals surface area contributed by atoms with E-state index in [4.69, 9.17) is 4.74 Å². The summed E-state index contributed by atoms with van der Waals surface area (Å²) >= 11 is 0. The van der Waals surface area contributed by atoms with E-state index >= 15 is 0 Å². The Hall–Kier alpha value is -0.900. The molecule has 0 N–H and O–H groups in total. The average molecular weight is 227 g/mol. The number of hydrogen-bond acceptors (Lipinski definition) is 3. The first-order valence-electron chi connectivity index (χ1n) is 6.11. The number of carbonyl (C=O) groups excluding carboxylic acids is 2. The van der Waals surface area contributed by atoms with Gasteiger partial charge in [0, 0.05) is 32.5 Å². The van der Waals surface area contributed by atoms with Crippen LogP contribution in [0.3, 0.4) is 0 Å². The van der Waals surface area contributed by atoms with Gasteiger partial charge in [-0.05, 0) is 6.42 Å². The fourth-order valence-corrected chi connectivity index (χ4v) is 1.71. The first kappa shape index (κ1) is 13.2. The van der Waals surface area contributed by atoms with Gasteiger partial charge in [-0.25, -0.2) is 0 Å². The van der Waals surface area contributed by atoms with Crippen molar-refractivity contribution in [2.24, 2.45) is 0 Å². The maximum absolute atomic E-state index is 11.6. The third-order valence-electron chi connectivity index (χ3n) is 2.79. The summed E-state index contributed by atoms with van der Waals surface area (Å²) in [6, 6.07) is 0. The molecule has 4 heteroatoms. The van der Waals surface area contributed by atoms with Gasteiger partial charge < -0.3 is 9.64 Å². The molecule has 1 heterocycles. The van der Waals surface area contributed by atoms with Gasteiger partial charge in [0.25, 0.3) is 0 Å². The number of rotatable bonds is 6. The van der Waals surface area contributed by atoms with Gasteiger partial charge in [0.15, 0.2) is 0 Å². The van der Waals surface area contributed by atoms with Crippen LogP contribution in [-0.2, 0) is 14.3 Å². The van der Waals surface area contributed by atoms with Crippen molar-refractivity contribution >= 4 is 11.7 Å². The van der Waals surface area contributed by atoms with Gasteiger partial charge in [0.2, 0.25) is 5.91 Å². The Labute approximate surface area is 96.9 Å². The second kappa shape index (κ2) is 7.39. The molecule has 1 aliphatic heterocycles. The second-order valence-electron chi connectivity index (χ2n) is 4.18. The molecule has 0 aromatic carbocycles. The molecule has 1 fully saturated rings. The van der Waals surface area contributed by atoms with Crippen molar-refractivity contribution < 1.29 is 14.3 Å². The van der Waals surface area contributed by atoms with Crippen LogP contribution in [0.4, 0.5) is 0 Å². The Balaban J connectivity index is 2.08. The number of carbonyl (C=O) groups is 2. The van der Waals surface area contributed by atoms with Crippen molar-refractivity contribution in [2.45, 2.75) is 39.0 Å². The van der Waals surface area contributed by atoms with Crippen molar-refractivity contribution in [3.8, 4) is 0 Å². The molecule has 0 radical (unpaired) electrons. The molecule has 0 aromatic rings. The molecule has 0 aromatic heterocycles. The summed E-state index contributed by atoms with van der Waals surface area (Å²) in [4.78, 5) is 24.3. The Bertz CT molecular complexity index is 230. The molecule has 1 amide bonds. The number of ketones is 1. The van der Waals surface area contributed by atoms with Crippen LogP contribution in [0.25, 0.3) is 0 Å². The summed E-state index contributed by atoms with van der Waals surface area (Å²) in [5.41, 5.74) is 0. The lowest BCUT2D eigenvalue weighted by Gasteiger charge is -2.25. The van der Waals surface area contributed by atoms with Crippen LogP contribution in [-0.4, -0.2) is 42.9 Å². The van der Waals surface area contributed by atoms with Crippen LogP contribution >= 0.6 is 0 Å². The van der Waals surface area contributed by atoms with Gasteiger partial charge in [0.1, 0.15) is 12.4 Å². The van der Waals surface area contributed by atoms with Gasteiger partial charge in [-0.15, -0.1) is 0 Å². The summed E-state index contributed by atoms with van der Waals surface area (Å²) in [6.45, 7) is 4.09. The highest BCUT2D eigenvalue weighted by molar-refractivity contribution is 5.83. The zero-order valence-corrected chi connectivity index (χ0v) is 10.0. The number of likely N-dealkylation sites (tertiary alicyclic amines) is 1. The lowest BCUT2D eigenvalue weighted by atomic mass is 10.1. The van der Waals surface area contributed by atoms with Crippen LogP contribution < -0.4 is 0 Å². The monoisotopic (exact) mass is 227 g/mol. The Kier molecular flexibility index (Phi) is 6.08. The van der Waals surface area contributed by atoms with Crippen molar-refractivity contribution in [3.63, 3.8) is 0 Å². The quantitative estimate of drug-likeness (QED) is 0.644. The van der Waals surface area contributed by atoms with Crippen LogP contribution in [0.1, 0.15) is 39.0 Å². The summed E-state index contributed by atoms with van der Waals surface area (Å²) in [5, 5.41) is 0. The molecule has 0 bridgehead atoms. The van der Waals surface area contributed by atoms with E-state index < -0.39 is 0 Å². The number of amides is 1. The zero-order chi connectivity index (χ0) is 11.8. The predicted molar refractivity (Wildman–Crippen MR) is 61.2 cm³/mol. The number of Topliss-reactive ketones (excluding diaryl/α,β-unsaturated/α-hetero) is 1. The minimum absolute atomic E-state index is 0.0176. The van der Waals surface area contributed by atoms with Crippen molar-refractivity contribution in [3.05, 3.63) is 0 Å². The first-order chi connectivity index (χ1) is 7.74. The topological polar surface area (TPSA) is 46.6 Å². The summed E-state index contributed by atoms with van der Waals surface area (Å²) in [7, 11) is 0. The maximum Gasteiger partial charge on any atom is 0.248 e. The van der Waals surface area contributed by atoms with Crippen molar-refractivity contribution in [2.75, 3.05) is 26.3 Å². The van der Waals surface area contributed by atoms with Gasteiger partial charge in [-0.2, -0.15) is 0 Å². The first-order valence-corrected chi connectivity index (χ1v) is 6.11. The highest BCUT2D eigenvalue weighted by Crippen LogP contribution is 2.06. The smallest absolute Gasteiger partial charge is 0.248 e. The van der Waals surface area contributed by atoms with E-state index in [-0.39, 0.29) is 18.3 Å². The number of hydrogen-bond donors (Lipinski definition) is 0. The number of nitrogens with zero attached hydrogens (tertiary/aromatic N) is 1. The number of ether oxygens (including phenoxy) is 1. The highest BCUT2D eigenvalue weighted by atomic mass is 16.5. The molecule has 4 nitrogen and oxygen atoms in total. The van der Waals surface area contributed by atoms with E-state index in [0.717, 1.165) is 19.3 Å². The molecule has 16 heavy (non-hydrogen) atoms. The van der Waals surface area contributed by atoms with E-state index in [1.807, 2.05) is 0 Å². The molecular formula is C12H21NO3. The third kappa shape index (κ3) is 4.75. The number of unbranched alkanes of at least 4 members (excludes halogenated alkanes) is 2. The van der Waals surface area contributed by atoms with E-state index in [0.29, 0.717) is 32.5 Å². The molecule has 92 valence electrons. The van der Waals surface area contributed by atoms with Gasteiger partial charge in [0.05, 0.1) is 0 Å². The Morgan fingerprint density at radius 1 is 1.31 bits per heavy atom. The SMILES string of the molecule is CCCCCOCC(=O)N1CCC(=O)CC1. The van der Waals surface area contributed by atoms with E-state index in [2.05, 4.69) is 6.92 Å². The minimum Gasteiger partial charge on any atom is -0.372 e. The van der Waals surface area contributed by atoms with E-state index in [1.54, 1.807) is 4.90 Å². The van der Waals surface area contributed by atoms with Crippen LogP contribution in [0.2, 0.25) is 0 Å². The van der Waals surface area contributed by atoms with Crippen LogP contribution in [0, 0.1) is 0 Å². The van der Waals surface area contributed by atoms with E-state index in [1.165, 1.54) is 0 Å². The van der Waals surface area contributed by atoms with E-state index in [9.17, 15) is 9.59 Å². The lowest BCUT2D eigenvalue weighted by Crippen LogP contribution is -2.40. The molecule has 1 rings (SSSR count). The molecule has 1 aliphatic rings. The molecule has 0 unspecified atom stereocenters. The molecular weight excluding hydrogens is 206 g/mol. The summed E-state index contributed by atoms with van der Waals surface area (Å²) < 4.78 is 5.30. The normalized spacial score (nSPS) is 16.6. The third-order valence-corrected chi connectivity index (χ3v) is 2.79. The molecule has 0 aliphatic carbocycles. The van der Waals surface area contributed by atoms with Crippen molar-refractivity contribution in [1.82, 2.24) is 4.90 Å². The average Bonchev–Trinajstić information content (AvgIpc) is 2.29. The highest BCUT2D eigenvalue weighted by Gasteiger charge is 2.20. The van der Waals surface area contributed by atoms with Crippen LogP contribution in [0.15, 0.2) is 0 Å². The lowest BCUT2D eigenvalue weighted by molar-refractivity contribution is -0.138. The maximum atomic E-state index is 11.6. The molecule has 0 atom stereocenters. The Morgan fingerprint density at radius 3 is 2.62 bits per heavy atom. The predicted octanol–water partition coefficient (Wildman–Crippen LogP) is 1.38. The molecule has 1 saturated heterocycles. The van der Waals surface area contributed by atoms with Gasteiger partial charge in [-0.3, -0.25) is 9.59 Å². The molecule has 0 spiro atoms. The summed E-state index contributed by atoms with van der Waals surface area (Å²) in [6.07, 6.45) is 4.32. The minimum atomic E-state index is 0.0176. The van der Waals surface area contributed by atoms with Crippen LogP contribution in [0.5, 0.6) is 0 Å². The fourth-order valence-electron chi connectivity index (χ4n) is 1.71. The standard InChI is InChI=1S/C12H21NO3/c1-2-3-4-9-16-10-12(15)13-7-5-11(14)6-8-13/h2-10H2,1H3. The molecule has 0 saturated carbocycles.